The van der Waals surface area contributed by atoms with E-state index < -0.39 is 12.0 Å². The lowest BCUT2D eigenvalue weighted by Crippen LogP contribution is -2.44. The van der Waals surface area contributed by atoms with E-state index in [1.54, 1.807) is 13.0 Å². The molecule has 2 rings (SSSR count). The lowest BCUT2D eigenvalue weighted by atomic mass is 9.93. The van der Waals surface area contributed by atoms with Crippen LogP contribution in [0.4, 0.5) is 0 Å². The lowest BCUT2D eigenvalue weighted by Gasteiger charge is -2.30. The maximum Gasteiger partial charge on any atom is 0.344 e. The highest BCUT2D eigenvalue weighted by Crippen LogP contribution is 2.38. The van der Waals surface area contributed by atoms with Crippen molar-refractivity contribution in [3.05, 3.63) is 32.5 Å². The van der Waals surface area contributed by atoms with E-state index in [2.05, 4.69) is 33.2 Å². The van der Waals surface area contributed by atoms with Gasteiger partial charge in [-0.05, 0) is 80.2 Å². The number of ether oxygens (including phenoxy) is 3. The molecule has 0 radical (unpaired) electrons. The van der Waals surface area contributed by atoms with Crippen LogP contribution in [-0.4, -0.2) is 36.7 Å². The molecule has 1 aliphatic rings. The molecule has 0 saturated heterocycles. The fraction of sp³-hybridized carbons (Fsp3) is 0.421. The summed E-state index contributed by atoms with van der Waals surface area (Å²) in [6.07, 6.45) is 0. The fourth-order valence-corrected chi connectivity index (χ4v) is 3.95. The zero-order valence-corrected chi connectivity index (χ0v) is 19.2. The molecule has 9 heteroatoms. The molecule has 1 heterocycles. The van der Waals surface area contributed by atoms with Gasteiger partial charge < -0.3 is 24.8 Å². The first-order valence-corrected chi connectivity index (χ1v) is 10.3. The van der Waals surface area contributed by atoms with Gasteiger partial charge in [0, 0.05) is 11.3 Å². The number of halogens is 1. The Morgan fingerprint density at radius 1 is 1.21 bits per heavy atom. The summed E-state index contributed by atoms with van der Waals surface area (Å²) in [6, 6.07) is 3.28. The van der Waals surface area contributed by atoms with Gasteiger partial charge in [-0.3, -0.25) is 4.79 Å². The van der Waals surface area contributed by atoms with Crippen molar-refractivity contribution in [3.8, 4) is 11.5 Å². The Bertz CT molecular complexity index is 825. The second kappa shape index (κ2) is 10.1. The van der Waals surface area contributed by atoms with Crippen molar-refractivity contribution >= 4 is 51.7 Å². The van der Waals surface area contributed by atoms with Crippen LogP contribution in [-0.2, 0) is 14.3 Å². The summed E-state index contributed by atoms with van der Waals surface area (Å²) < 4.78 is 17.0. The third kappa shape index (κ3) is 5.34. The van der Waals surface area contributed by atoms with Crippen LogP contribution >= 0.6 is 34.8 Å². The number of carbonyl (C=O) groups is 2. The number of rotatable bonds is 8. The summed E-state index contributed by atoms with van der Waals surface area (Å²) in [5.74, 6) is 0.439. The van der Waals surface area contributed by atoms with Crippen LogP contribution in [0.2, 0.25) is 0 Å². The van der Waals surface area contributed by atoms with Gasteiger partial charge in [0.1, 0.15) is 0 Å². The Kier molecular flexibility index (Phi) is 8.05. The lowest BCUT2D eigenvalue weighted by molar-refractivity contribution is -0.145. The Labute approximate surface area is 183 Å². The molecule has 0 saturated carbocycles. The second-order valence-electron chi connectivity index (χ2n) is 5.98. The smallest absolute Gasteiger partial charge is 0.344 e. The molecular weight excluding hydrogens is 495 g/mol. The minimum atomic E-state index is -0.451. The third-order valence-corrected chi connectivity index (χ3v) is 4.97. The van der Waals surface area contributed by atoms with Gasteiger partial charge in [0.25, 0.3) is 0 Å². The van der Waals surface area contributed by atoms with Crippen molar-refractivity contribution in [1.82, 2.24) is 10.6 Å². The quantitative estimate of drug-likeness (QED) is 0.309. The molecule has 152 valence electrons. The molecule has 28 heavy (non-hydrogen) atoms. The molecule has 1 aliphatic heterocycles. The summed E-state index contributed by atoms with van der Waals surface area (Å²) >= 11 is 7.38. The normalized spacial score (nSPS) is 16.2. The SMILES string of the molecule is CCOC(=O)COc1c(I)cc([C@H]2NC(=S)NC(C)=C2C(C)=O)cc1OCC. The van der Waals surface area contributed by atoms with E-state index in [1.165, 1.54) is 6.92 Å². The van der Waals surface area contributed by atoms with Crippen molar-refractivity contribution < 1.29 is 23.8 Å². The molecule has 0 amide bonds. The van der Waals surface area contributed by atoms with E-state index in [0.29, 0.717) is 28.8 Å². The van der Waals surface area contributed by atoms with E-state index in [1.807, 2.05) is 19.9 Å². The number of thiocarbonyl (C=S) groups is 1. The maximum absolute atomic E-state index is 12.2. The van der Waals surface area contributed by atoms with Crippen LogP contribution in [0.15, 0.2) is 23.4 Å². The monoisotopic (exact) mass is 518 g/mol. The second-order valence-corrected chi connectivity index (χ2v) is 7.55. The van der Waals surface area contributed by atoms with Gasteiger partial charge >= 0.3 is 5.97 Å². The first-order valence-electron chi connectivity index (χ1n) is 8.82. The Morgan fingerprint density at radius 2 is 1.93 bits per heavy atom. The van der Waals surface area contributed by atoms with Crippen molar-refractivity contribution in [2.45, 2.75) is 33.7 Å². The summed E-state index contributed by atoms with van der Waals surface area (Å²) in [5.41, 5.74) is 2.13. The molecular formula is C19H23IN2O5S. The van der Waals surface area contributed by atoms with E-state index in [4.69, 9.17) is 26.4 Å². The van der Waals surface area contributed by atoms with E-state index in [9.17, 15) is 9.59 Å². The van der Waals surface area contributed by atoms with Crippen LogP contribution in [0.3, 0.4) is 0 Å². The van der Waals surface area contributed by atoms with Crippen LogP contribution in [0, 0.1) is 3.57 Å². The largest absolute Gasteiger partial charge is 0.490 e. The zero-order chi connectivity index (χ0) is 20.8. The number of allylic oxidation sites excluding steroid dienone is 1. The average Bonchev–Trinajstić information content (AvgIpc) is 2.60. The van der Waals surface area contributed by atoms with Crippen molar-refractivity contribution in [2.75, 3.05) is 19.8 Å². The standard InChI is InChI=1S/C19H23IN2O5S/c1-5-25-14-8-12(7-13(20)18(14)27-9-15(24)26-6-2)17-16(11(4)23)10(3)21-19(28)22-17/h7-8,17H,5-6,9H2,1-4H3,(H2,21,22,28)/t17-/m1/s1. The number of hydrogen-bond donors (Lipinski definition) is 2. The average molecular weight is 518 g/mol. The van der Waals surface area contributed by atoms with Gasteiger partial charge in [0.15, 0.2) is 29.0 Å². The van der Waals surface area contributed by atoms with Gasteiger partial charge in [0.05, 0.1) is 22.8 Å². The molecule has 7 nitrogen and oxygen atoms in total. The highest BCUT2D eigenvalue weighted by molar-refractivity contribution is 14.1. The first kappa shape index (κ1) is 22.4. The number of Topliss-reactive ketones (excluding diaryl/α,β-unsaturated/α-hetero) is 1. The topological polar surface area (TPSA) is 85.9 Å². The van der Waals surface area contributed by atoms with Gasteiger partial charge in [0.2, 0.25) is 0 Å². The summed E-state index contributed by atoms with van der Waals surface area (Å²) in [5, 5.41) is 6.58. The number of esters is 1. The van der Waals surface area contributed by atoms with Crippen molar-refractivity contribution in [2.24, 2.45) is 0 Å². The first-order chi connectivity index (χ1) is 13.3. The van der Waals surface area contributed by atoms with Crippen LogP contribution < -0.4 is 20.1 Å². The maximum atomic E-state index is 12.2. The highest BCUT2D eigenvalue weighted by atomic mass is 127. The molecule has 1 aromatic rings. The predicted octanol–water partition coefficient (Wildman–Crippen LogP) is 3.01. The third-order valence-electron chi connectivity index (χ3n) is 3.95. The molecule has 0 fully saturated rings. The van der Waals surface area contributed by atoms with Gasteiger partial charge in [-0.25, -0.2) is 4.79 Å². The molecule has 0 bridgehead atoms. The summed E-state index contributed by atoms with van der Waals surface area (Å²) in [6.45, 7) is 7.44. The summed E-state index contributed by atoms with van der Waals surface area (Å²) in [4.78, 5) is 23.8. The number of benzene rings is 1. The van der Waals surface area contributed by atoms with Gasteiger partial charge in [-0.1, -0.05) is 0 Å². The van der Waals surface area contributed by atoms with Crippen molar-refractivity contribution in [1.29, 1.82) is 0 Å². The Morgan fingerprint density at radius 3 is 2.54 bits per heavy atom. The van der Waals surface area contributed by atoms with Gasteiger partial charge in [-0.2, -0.15) is 0 Å². The highest BCUT2D eigenvalue weighted by Gasteiger charge is 2.29. The minimum absolute atomic E-state index is 0.0550. The molecule has 0 aromatic heterocycles. The predicted molar refractivity (Wildman–Crippen MR) is 117 cm³/mol. The number of hydrogen-bond acceptors (Lipinski definition) is 6. The number of carbonyl (C=O) groups excluding carboxylic acids is 2. The number of ketones is 1. The van der Waals surface area contributed by atoms with Crippen molar-refractivity contribution in [3.63, 3.8) is 0 Å². The zero-order valence-electron chi connectivity index (χ0n) is 16.2. The van der Waals surface area contributed by atoms with Crippen LogP contribution in [0.5, 0.6) is 11.5 Å². The fourth-order valence-electron chi connectivity index (χ4n) is 2.90. The van der Waals surface area contributed by atoms with E-state index in [0.717, 1.165) is 14.8 Å². The van der Waals surface area contributed by atoms with E-state index >= 15 is 0 Å². The van der Waals surface area contributed by atoms with Crippen LogP contribution in [0.25, 0.3) is 0 Å². The molecule has 0 aliphatic carbocycles. The van der Waals surface area contributed by atoms with E-state index in [-0.39, 0.29) is 19.0 Å². The molecule has 1 atom stereocenters. The Hall–Kier alpha value is -1.88. The number of nitrogens with one attached hydrogen (secondary N) is 2. The Balaban J connectivity index is 2.43. The van der Waals surface area contributed by atoms with Gasteiger partial charge in [-0.15, -0.1) is 0 Å². The molecule has 0 spiro atoms. The minimum Gasteiger partial charge on any atom is -0.490 e. The summed E-state index contributed by atoms with van der Waals surface area (Å²) in [7, 11) is 0. The molecule has 2 N–H and O–H groups in total. The van der Waals surface area contributed by atoms with Crippen LogP contribution in [0.1, 0.15) is 39.3 Å². The molecule has 1 aromatic carbocycles. The molecule has 0 unspecified atom stereocenters.